The summed E-state index contributed by atoms with van der Waals surface area (Å²) in [4.78, 5) is 4.77. The summed E-state index contributed by atoms with van der Waals surface area (Å²) >= 11 is 0. The molecule has 0 amide bonds. The number of alkyl halides is 3. The van der Waals surface area contributed by atoms with Crippen LogP contribution in [0.5, 0.6) is 0 Å². The normalized spacial score (nSPS) is 27.2. The van der Waals surface area contributed by atoms with Gasteiger partial charge in [-0.15, -0.1) is 0 Å². The van der Waals surface area contributed by atoms with Gasteiger partial charge in [0.05, 0.1) is 24.1 Å². The average Bonchev–Trinajstić information content (AvgIpc) is 3.21. The minimum Gasteiger partial charge on any atom is -0.381 e. The highest BCUT2D eigenvalue weighted by molar-refractivity contribution is 5.66. The van der Waals surface area contributed by atoms with Gasteiger partial charge in [-0.2, -0.15) is 13.2 Å². The first-order chi connectivity index (χ1) is 12.7. The molecule has 1 aromatic rings. The Morgan fingerprint density at radius 1 is 1.30 bits per heavy atom. The van der Waals surface area contributed by atoms with Crippen LogP contribution in [0.4, 0.5) is 13.2 Å². The molecule has 2 aliphatic heterocycles. The van der Waals surface area contributed by atoms with Gasteiger partial charge in [-0.1, -0.05) is 6.58 Å². The van der Waals surface area contributed by atoms with Gasteiger partial charge >= 0.3 is 6.18 Å². The highest BCUT2D eigenvalue weighted by Gasteiger charge is 2.33. The van der Waals surface area contributed by atoms with E-state index >= 15 is 0 Å². The first kappa shape index (κ1) is 20.1. The van der Waals surface area contributed by atoms with Crippen LogP contribution in [0, 0.1) is 6.92 Å². The van der Waals surface area contributed by atoms with E-state index in [1.165, 1.54) is 0 Å². The number of hydrogen-bond acceptors (Lipinski definition) is 3. The Morgan fingerprint density at radius 3 is 2.63 bits per heavy atom. The molecular weight excluding hydrogens is 357 g/mol. The van der Waals surface area contributed by atoms with E-state index in [1.54, 1.807) is 6.92 Å². The maximum Gasteiger partial charge on any atom is 0.415 e. The topological polar surface area (TPSA) is 36.3 Å². The third-order valence-electron chi connectivity index (χ3n) is 5.36. The summed E-state index contributed by atoms with van der Waals surface area (Å²) in [6, 6.07) is 0.156. The molecule has 0 unspecified atom stereocenters. The Hall–Kier alpha value is -1.60. The van der Waals surface area contributed by atoms with Gasteiger partial charge in [-0.05, 0) is 51.7 Å². The van der Waals surface area contributed by atoms with Gasteiger partial charge in [0, 0.05) is 30.7 Å². The zero-order chi connectivity index (χ0) is 19.8. The van der Waals surface area contributed by atoms with E-state index < -0.39 is 11.7 Å². The van der Waals surface area contributed by atoms with Crippen molar-refractivity contribution in [3.05, 3.63) is 35.4 Å². The van der Waals surface area contributed by atoms with Crippen molar-refractivity contribution in [2.75, 3.05) is 19.8 Å². The van der Waals surface area contributed by atoms with E-state index in [0.29, 0.717) is 25.4 Å². The molecule has 0 saturated carbocycles. The number of allylic oxidation sites excluding steroid dienone is 3. The summed E-state index contributed by atoms with van der Waals surface area (Å²) in [7, 11) is 0. The molecule has 0 bridgehead atoms. The molecule has 0 aromatic carbocycles. The lowest BCUT2D eigenvalue weighted by molar-refractivity contribution is -0.0877. The van der Waals surface area contributed by atoms with Crippen molar-refractivity contribution >= 4 is 5.57 Å². The smallest absolute Gasteiger partial charge is 0.381 e. The molecule has 0 radical (unpaired) electrons. The maximum atomic E-state index is 13.0. The van der Waals surface area contributed by atoms with Crippen LogP contribution in [0.25, 0.3) is 5.57 Å². The van der Waals surface area contributed by atoms with Crippen LogP contribution in [0.1, 0.15) is 62.3 Å². The lowest BCUT2D eigenvalue weighted by Crippen LogP contribution is -2.28. The fourth-order valence-corrected chi connectivity index (χ4v) is 4.06. The number of aromatic nitrogens is 2. The molecule has 0 aliphatic carbocycles. The van der Waals surface area contributed by atoms with Gasteiger partial charge in [-0.25, -0.2) is 4.98 Å². The zero-order valence-electron chi connectivity index (χ0n) is 16.1. The van der Waals surface area contributed by atoms with E-state index in [9.17, 15) is 13.2 Å². The highest BCUT2D eigenvalue weighted by atomic mass is 19.4. The summed E-state index contributed by atoms with van der Waals surface area (Å²) in [5.41, 5.74) is 1.20. The lowest BCUT2D eigenvalue weighted by atomic mass is 10.00. The van der Waals surface area contributed by atoms with Crippen molar-refractivity contribution in [3.63, 3.8) is 0 Å². The number of hydrogen-bond donors (Lipinski definition) is 0. The Morgan fingerprint density at radius 2 is 2.04 bits per heavy atom. The zero-order valence-corrected chi connectivity index (χ0v) is 16.1. The number of rotatable bonds is 4. The fraction of sp³-hybridized carbons (Fsp3) is 0.650. The molecule has 0 spiro atoms. The summed E-state index contributed by atoms with van der Waals surface area (Å²) in [5.74, 6) is 1.10. The summed E-state index contributed by atoms with van der Waals surface area (Å²) in [6.07, 6.45) is -0.681. The quantitative estimate of drug-likeness (QED) is 0.689. The minimum absolute atomic E-state index is 0.112. The minimum atomic E-state index is -4.44. The Balaban J connectivity index is 2.06. The van der Waals surface area contributed by atoms with Gasteiger partial charge in [0.2, 0.25) is 0 Å². The van der Waals surface area contributed by atoms with E-state index in [0.717, 1.165) is 42.6 Å². The summed E-state index contributed by atoms with van der Waals surface area (Å²) in [5, 5.41) is 0. The van der Waals surface area contributed by atoms with Crippen LogP contribution in [-0.4, -0.2) is 41.7 Å². The van der Waals surface area contributed by atoms with Crippen molar-refractivity contribution in [2.45, 2.75) is 64.3 Å². The summed E-state index contributed by atoms with van der Waals surface area (Å²) < 4.78 is 52.3. The number of halogens is 3. The average molecular weight is 384 g/mol. The largest absolute Gasteiger partial charge is 0.415 e. The van der Waals surface area contributed by atoms with Crippen LogP contribution in [-0.2, 0) is 9.47 Å². The second kappa shape index (κ2) is 7.80. The Labute approximate surface area is 158 Å². The predicted molar refractivity (Wildman–Crippen MR) is 97.7 cm³/mol. The lowest BCUT2D eigenvalue weighted by Gasteiger charge is -2.31. The molecule has 3 atom stereocenters. The molecule has 2 fully saturated rings. The number of imidazole rings is 1. The molecular formula is C20H27F3N2O2. The molecule has 3 rings (SSSR count). The van der Waals surface area contributed by atoms with Crippen LogP contribution < -0.4 is 0 Å². The highest BCUT2D eigenvalue weighted by Crippen LogP contribution is 2.37. The Kier molecular flexibility index (Phi) is 5.82. The summed E-state index contributed by atoms with van der Waals surface area (Å²) in [6.45, 7) is 10.7. The monoisotopic (exact) mass is 384 g/mol. The predicted octanol–water partition coefficient (Wildman–Crippen LogP) is 4.96. The molecule has 1 aromatic heterocycles. The SMILES string of the molecule is C=C(/C=C(\C)c1c(C)nc([C@H]2CCOC2)n1[C@@H]1CCO[C@H](C)C1)C(F)(F)F. The molecule has 27 heavy (non-hydrogen) atoms. The fourth-order valence-electron chi connectivity index (χ4n) is 4.06. The van der Waals surface area contributed by atoms with Gasteiger partial charge in [-0.3, -0.25) is 0 Å². The maximum absolute atomic E-state index is 13.0. The van der Waals surface area contributed by atoms with Crippen molar-refractivity contribution in [1.82, 2.24) is 9.55 Å². The number of ether oxygens (including phenoxy) is 2. The van der Waals surface area contributed by atoms with E-state index in [-0.39, 0.29) is 18.1 Å². The van der Waals surface area contributed by atoms with Crippen molar-refractivity contribution < 1.29 is 22.6 Å². The molecule has 4 nitrogen and oxygen atoms in total. The van der Waals surface area contributed by atoms with Gasteiger partial charge in [0.1, 0.15) is 5.82 Å². The van der Waals surface area contributed by atoms with Gasteiger partial charge in [0.25, 0.3) is 0 Å². The van der Waals surface area contributed by atoms with Crippen molar-refractivity contribution in [2.24, 2.45) is 0 Å². The first-order valence-electron chi connectivity index (χ1n) is 9.41. The molecule has 2 aliphatic rings. The molecule has 2 saturated heterocycles. The van der Waals surface area contributed by atoms with Crippen molar-refractivity contribution in [3.8, 4) is 0 Å². The third kappa shape index (κ3) is 4.29. The van der Waals surface area contributed by atoms with E-state index in [4.69, 9.17) is 14.5 Å². The first-order valence-corrected chi connectivity index (χ1v) is 9.41. The van der Waals surface area contributed by atoms with E-state index in [1.807, 2.05) is 13.8 Å². The molecule has 150 valence electrons. The van der Waals surface area contributed by atoms with Gasteiger partial charge in [0.15, 0.2) is 0 Å². The molecule has 0 N–H and O–H groups in total. The van der Waals surface area contributed by atoms with Gasteiger partial charge < -0.3 is 14.0 Å². The van der Waals surface area contributed by atoms with E-state index in [2.05, 4.69) is 11.1 Å². The number of nitrogens with zero attached hydrogens (tertiary/aromatic N) is 2. The van der Waals surface area contributed by atoms with Crippen LogP contribution in [0.2, 0.25) is 0 Å². The second-order valence-corrected chi connectivity index (χ2v) is 7.54. The van der Waals surface area contributed by atoms with Crippen LogP contribution >= 0.6 is 0 Å². The molecule has 7 heteroatoms. The molecule has 3 heterocycles. The van der Waals surface area contributed by atoms with Crippen LogP contribution in [0.15, 0.2) is 18.2 Å². The Bertz CT molecular complexity index is 730. The number of aryl methyl sites for hydroxylation is 1. The third-order valence-corrected chi connectivity index (χ3v) is 5.36. The van der Waals surface area contributed by atoms with Crippen molar-refractivity contribution in [1.29, 1.82) is 0 Å². The van der Waals surface area contributed by atoms with Crippen LogP contribution in [0.3, 0.4) is 0 Å². The second-order valence-electron chi connectivity index (χ2n) is 7.54. The standard InChI is InChI=1S/C20H27F3N2O2/c1-12(9-13(2)20(21,22)23)18-15(4)24-19(16-5-7-26-11-16)25(18)17-6-8-27-14(3)10-17/h9,14,16-17H,2,5-8,10-11H2,1,3-4H3/b12-9+/t14-,16+,17-/m1/s1.